The first-order valence-electron chi connectivity index (χ1n) is 6.20. The Morgan fingerprint density at radius 1 is 1.05 bits per heavy atom. The van der Waals surface area contributed by atoms with Crippen molar-refractivity contribution in [2.75, 3.05) is 0 Å². The Hall–Kier alpha value is -2.39. The molecule has 0 saturated carbocycles. The van der Waals surface area contributed by atoms with Crippen molar-refractivity contribution < 1.29 is 0 Å². The van der Waals surface area contributed by atoms with Crippen molar-refractivity contribution in [2.45, 2.75) is 0 Å². The highest BCUT2D eigenvalue weighted by Gasteiger charge is 2.04. The summed E-state index contributed by atoms with van der Waals surface area (Å²) in [5, 5.41) is 7.83. The van der Waals surface area contributed by atoms with E-state index in [1.807, 2.05) is 54.7 Å². The Morgan fingerprint density at radius 3 is 2.70 bits per heavy atom. The van der Waals surface area contributed by atoms with Gasteiger partial charge in [0.15, 0.2) is 0 Å². The second-order valence-electron chi connectivity index (χ2n) is 4.32. The third-order valence-electron chi connectivity index (χ3n) is 2.95. The van der Waals surface area contributed by atoms with Gasteiger partial charge in [-0.1, -0.05) is 29.8 Å². The number of nitrogens with one attached hydrogen (secondary N) is 1. The van der Waals surface area contributed by atoms with Crippen LogP contribution in [0.25, 0.3) is 23.3 Å². The van der Waals surface area contributed by atoms with E-state index < -0.39 is 0 Å². The van der Waals surface area contributed by atoms with Gasteiger partial charge in [-0.2, -0.15) is 5.10 Å². The van der Waals surface area contributed by atoms with E-state index in [-0.39, 0.29) is 0 Å². The molecule has 0 saturated heterocycles. The second kappa shape index (κ2) is 5.72. The zero-order chi connectivity index (χ0) is 13.8. The molecule has 0 aliphatic carbocycles. The molecule has 0 bridgehead atoms. The highest BCUT2D eigenvalue weighted by atomic mass is 35.5. The lowest BCUT2D eigenvalue weighted by atomic mass is 10.1. The predicted octanol–water partition coefficient (Wildman–Crippen LogP) is 4.30. The highest BCUT2D eigenvalue weighted by molar-refractivity contribution is 6.30. The van der Waals surface area contributed by atoms with Crippen LogP contribution in [0.5, 0.6) is 0 Å². The maximum Gasteiger partial charge on any atom is 0.0656 e. The average molecular weight is 282 g/mol. The number of hydrogen-bond acceptors (Lipinski definition) is 2. The minimum atomic E-state index is 0.728. The van der Waals surface area contributed by atoms with Gasteiger partial charge >= 0.3 is 0 Å². The number of benzene rings is 1. The topological polar surface area (TPSA) is 41.6 Å². The van der Waals surface area contributed by atoms with Gasteiger partial charge in [-0.25, -0.2) is 0 Å². The van der Waals surface area contributed by atoms with Crippen molar-refractivity contribution in [3.05, 3.63) is 71.3 Å². The molecule has 98 valence electrons. The monoisotopic (exact) mass is 281 g/mol. The highest BCUT2D eigenvalue weighted by Crippen LogP contribution is 2.23. The van der Waals surface area contributed by atoms with Crippen LogP contribution in [0.4, 0.5) is 0 Å². The van der Waals surface area contributed by atoms with Crippen LogP contribution in [-0.2, 0) is 0 Å². The van der Waals surface area contributed by atoms with Gasteiger partial charge < -0.3 is 0 Å². The summed E-state index contributed by atoms with van der Waals surface area (Å²) in [7, 11) is 0. The fourth-order valence-electron chi connectivity index (χ4n) is 1.97. The Labute approximate surface area is 122 Å². The fourth-order valence-corrected chi connectivity index (χ4v) is 2.17. The summed E-state index contributed by atoms with van der Waals surface area (Å²) in [4.78, 5) is 4.02. The molecule has 2 heterocycles. The normalized spacial score (nSPS) is 11.1. The van der Waals surface area contributed by atoms with E-state index in [9.17, 15) is 0 Å². The summed E-state index contributed by atoms with van der Waals surface area (Å²) in [6.07, 6.45) is 9.35. The van der Waals surface area contributed by atoms with Gasteiger partial charge in [0.25, 0.3) is 0 Å². The SMILES string of the molecule is Clc1cccc(C=Cc2[nH]ncc2-c2ccncc2)c1. The summed E-state index contributed by atoms with van der Waals surface area (Å²) in [6.45, 7) is 0. The minimum absolute atomic E-state index is 0.728. The fraction of sp³-hybridized carbons (Fsp3) is 0. The van der Waals surface area contributed by atoms with Gasteiger partial charge in [0.1, 0.15) is 0 Å². The van der Waals surface area contributed by atoms with Gasteiger partial charge in [-0.15, -0.1) is 0 Å². The van der Waals surface area contributed by atoms with Crippen molar-refractivity contribution in [2.24, 2.45) is 0 Å². The van der Waals surface area contributed by atoms with Crippen LogP contribution in [0.15, 0.2) is 55.0 Å². The zero-order valence-corrected chi connectivity index (χ0v) is 11.4. The molecule has 3 aromatic rings. The maximum absolute atomic E-state index is 5.97. The van der Waals surface area contributed by atoms with Crippen LogP contribution >= 0.6 is 11.6 Å². The number of nitrogens with zero attached hydrogens (tertiary/aromatic N) is 2. The van der Waals surface area contributed by atoms with Crippen molar-refractivity contribution in [1.82, 2.24) is 15.2 Å². The molecule has 0 radical (unpaired) electrons. The number of aromatic nitrogens is 3. The number of aromatic amines is 1. The number of pyridine rings is 1. The van der Waals surface area contributed by atoms with E-state index >= 15 is 0 Å². The summed E-state index contributed by atoms with van der Waals surface area (Å²) in [5.74, 6) is 0. The number of halogens is 1. The lowest BCUT2D eigenvalue weighted by Crippen LogP contribution is -1.80. The van der Waals surface area contributed by atoms with Crippen LogP contribution < -0.4 is 0 Å². The third-order valence-corrected chi connectivity index (χ3v) is 3.19. The largest absolute Gasteiger partial charge is 0.278 e. The van der Waals surface area contributed by atoms with Crippen molar-refractivity contribution in [3.8, 4) is 11.1 Å². The van der Waals surface area contributed by atoms with E-state index in [1.165, 1.54) is 0 Å². The molecule has 1 aromatic carbocycles. The summed E-state index contributed by atoms with van der Waals surface area (Å²) in [6, 6.07) is 11.6. The average Bonchev–Trinajstić information content (AvgIpc) is 2.95. The maximum atomic E-state index is 5.97. The molecule has 0 fully saturated rings. The van der Waals surface area contributed by atoms with Gasteiger partial charge in [0, 0.05) is 23.0 Å². The first kappa shape index (κ1) is 12.6. The molecule has 3 nitrogen and oxygen atoms in total. The molecule has 20 heavy (non-hydrogen) atoms. The Kier molecular flexibility index (Phi) is 3.61. The second-order valence-corrected chi connectivity index (χ2v) is 4.76. The summed E-state index contributed by atoms with van der Waals surface area (Å²) < 4.78 is 0. The third kappa shape index (κ3) is 2.78. The first-order chi connectivity index (χ1) is 9.83. The van der Waals surface area contributed by atoms with E-state index in [2.05, 4.69) is 15.2 Å². The van der Waals surface area contributed by atoms with Gasteiger partial charge in [-0.3, -0.25) is 10.1 Å². The van der Waals surface area contributed by atoms with Crippen LogP contribution in [0.1, 0.15) is 11.3 Å². The van der Waals surface area contributed by atoms with E-state index in [4.69, 9.17) is 11.6 Å². The Balaban J connectivity index is 1.91. The van der Waals surface area contributed by atoms with Crippen LogP contribution in [0.2, 0.25) is 5.02 Å². The predicted molar refractivity (Wildman–Crippen MR) is 82.2 cm³/mol. The minimum Gasteiger partial charge on any atom is -0.278 e. The van der Waals surface area contributed by atoms with Crippen molar-refractivity contribution in [1.29, 1.82) is 0 Å². The molecule has 1 N–H and O–H groups in total. The quantitative estimate of drug-likeness (QED) is 0.778. The Morgan fingerprint density at radius 2 is 1.90 bits per heavy atom. The molecule has 4 heteroatoms. The number of hydrogen-bond donors (Lipinski definition) is 1. The van der Waals surface area contributed by atoms with Crippen molar-refractivity contribution in [3.63, 3.8) is 0 Å². The molecular formula is C16H12ClN3. The van der Waals surface area contributed by atoms with Crippen molar-refractivity contribution >= 4 is 23.8 Å². The molecule has 0 amide bonds. The molecule has 3 rings (SSSR count). The number of rotatable bonds is 3. The molecule has 0 aliphatic rings. The zero-order valence-electron chi connectivity index (χ0n) is 10.6. The molecule has 2 aromatic heterocycles. The van der Waals surface area contributed by atoms with E-state index in [0.29, 0.717) is 0 Å². The lowest BCUT2D eigenvalue weighted by Gasteiger charge is -1.99. The summed E-state index contributed by atoms with van der Waals surface area (Å²) in [5.41, 5.74) is 4.13. The van der Waals surface area contributed by atoms with Gasteiger partial charge in [0.2, 0.25) is 0 Å². The van der Waals surface area contributed by atoms with Crippen LogP contribution in [-0.4, -0.2) is 15.2 Å². The van der Waals surface area contributed by atoms with Gasteiger partial charge in [0.05, 0.1) is 11.9 Å². The van der Waals surface area contributed by atoms with Crippen LogP contribution in [0, 0.1) is 0 Å². The molecule has 0 spiro atoms. The molecule has 0 aliphatic heterocycles. The van der Waals surface area contributed by atoms with Crippen LogP contribution in [0.3, 0.4) is 0 Å². The van der Waals surface area contributed by atoms with E-state index in [0.717, 1.165) is 27.4 Å². The van der Waals surface area contributed by atoms with Gasteiger partial charge in [-0.05, 0) is 41.5 Å². The lowest BCUT2D eigenvalue weighted by molar-refractivity contribution is 1.08. The summed E-state index contributed by atoms with van der Waals surface area (Å²) >= 11 is 5.97. The molecule has 0 unspecified atom stereocenters. The molecular weight excluding hydrogens is 270 g/mol. The number of H-pyrrole nitrogens is 1. The first-order valence-corrected chi connectivity index (χ1v) is 6.58. The van der Waals surface area contributed by atoms with E-state index in [1.54, 1.807) is 12.4 Å². The Bertz CT molecular complexity index is 732. The standard InChI is InChI=1S/C16H12ClN3/c17-14-3-1-2-12(10-14)4-5-16-15(11-19-20-16)13-6-8-18-9-7-13/h1-11H,(H,19,20). The smallest absolute Gasteiger partial charge is 0.0656 e. The molecule has 0 atom stereocenters.